The third-order valence-corrected chi connectivity index (χ3v) is 3.18. The van der Waals surface area contributed by atoms with Gasteiger partial charge in [-0.15, -0.1) is 11.3 Å². The lowest BCUT2D eigenvalue weighted by molar-refractivity contribution is 0.495. The quantitative estimate of drug-likeness (QED) is 0.564. The summed E-state index contributed by atoms with van der Waals surface area (Å²) in [6, 6.07) is 2.51. The van der Waals surface area contributed by atoms with E-state index in [0.717, 1.165) is 6.42 Å². The lowest BCUT2D eigenvalue weighted by Crippen LogP contribution is -2.28. The third kappa shape index (κ3) is 2.79. The van der Waals surface area contributed by atoms with Gasteiger partial charge in [0.2, 0.25) is 0 Å². The lowest BCUT2D eigenvalue weighted by atomic mass is 10.0. The minimum atomic E-state index is 0.339. The summed E-state index contributed by atoms with van der Waals surface area (Å²) in [5.41, 5.74) is 4.25. The average molecular weight is 198 g/mol. The first kappa shape index (κ1) is 10.7. The number of thiophene rings is 1. The molecule has 0 saturated heterocycles. The molecule has 1 heterocycles. The predicted molar refractivity (Wildman–Crippen MR) is 58.6 cm³/mol. The molecule has 0 aliphatic carbocycles. The number of nitrogens with one attached hydrogen (secondary N) is 1. The second-order valence-corrected chi connectivity index (χ2v) is 4.41. The summed E-state index contributed by atoms with van der Waals surface area (Å²) in [6.07, 6.45) is 3.58. The summed E-state index contributed by atoms with van der Waals surface area (Å²) >= 11 is 1.79. The van der Waals surface area contributed by atoms with Crippen molar-refractivity contribution in [2.24, 2.45) is 5.84 Å². The van der Waals surface area contributed by atoms with Crippen molar-refractivity contribution >= 4 is 11.3 Å². The van der Waals surface area contributed by atoms with Crippen LogP contribution in [0.4, 0.5) is 0 Å². The Kier molecular flexibility index (Phi) is 4.42. The van der Waals surface area contributed by atoms with E-state index in [9.17, 15) is 0 Å². The molecule has 0 saturated carbocycles. The molecule has 0 amide bonds. The van der Waals surface area contributed by atoms with Gasteiger partial charge in [0.05, 0.1) is 0 Å². The number of aryl methyl sites for hydroxylation is 1. The van der Waals surface area contributed by atoms with Crippen molar-refractivity contribution in [3.8, 4) is 0 Å². The molecule has 13 heavy (non-hydrogen) atoms. The molecule has 0 aliphatic rings. The molecular formula is C10H18N2S. The van der Waals surface area contributed by atoms with Crippen molar-refractivity contribution in [2.75, 3.05) is 0 Å². The van der Waals surface area contributed by atoms with Crippen LogP contribution >= 0.6 is 11.3 Å². The molecule has 0 bridgehead atoms. The van der Waals surface area contributed by atoms with Crippen molar-refractivity contribution < 1.29 is 0 Å². The monoisotopic (exact) mass is 198 g/mol. The highest BCUT2D eigenvalue weighted by Crippen LogP contribution is 2.25. The third-order valence-electron chi connectivity index (χ3n) is 2.32. The number of nitrogens with two attached hydrogens (primary N) is 1. The Hall–Kier alpha value is -0.380. The molecular weight excluding hydrogens is 180 g/mol. The molecule has 1 aromatic rings. The van der Waals surface area contributed by atoms with E-state index >= 15 is 0 Å². The van der Waals surface area contributed by atoms with Crippen molar-refractivity contribution in [2.45, 2.75) is 39.2 Å². The number of hydrogen-bond donors (Lipinski definition) is 2. The highest BCUT2D eigenvalue weighted by molar-refractivity contribution is 7.10. The SMILES string of the molecule is CCCCC(NN)c1ccsc1C. The molecule has 0 aliphatic heterocycles. The van der Waals surface area contributed by atoms with Gasteiger partial charge in [-0.25, -0.2) is 0 Å². The molecule has 74 valence electrons. The van der Waals surface area contributed by atoms with Crippen LogP contribution in [0.15, 0.2) is 11.4 Å². The number of hydrogen-bond acceptors (Lipinski definition) is 3. The zero-order valence-electron chi connectivity index (χ0n) is 8.34. The standard InChI is InChI=1S/C10H18N2S/c1-3-4-5-10(12-11)9-6-7-13-8(9)2/h6-7,10,12H,3-5,11H2,1-2H3. The Bertz CT molecular complexity index is 245. The average Bonchev–Trinajstić information content (AvgIpc) is 2.54. The normalized spacial score (nSPS) is 13.2. The van der Waals surface area contributed by atoms with Gasteiger partial charge in [0.25, 0.3) is 0 Å². The van der Waals surface area contributed by atoms with E-state index < -0.39 is 0 Å². The fraction of sp³-hybridized carbons (Fsp3) is 0.600. The maximum atomic E-state index is 5.53. The van der Waals surface area contributed by atoms with Gasteiger partial charge in [0, 0.05) is 10.9 Å². The molecule has 0 fully saturated rings. The maximum absolute atomic E-state index is 5.53. The summed E-state index contributed by atoms with van der Waals surface area (Å²) in [4.78, 5) is 1.37. The van der Waals surface area contributed by atoms with Gasteiger partial charge in [-0.1, -0.05) is 19.8 Å². The fourth-order valence-corrected chi connectivity index (χ4v) is 2.26. The van der Waals surface area contributed by atoms with Gasteiger partial charge in [0.1, 0.15) is 0 Å². The van der Waals surface area contributed by atoms with Crippen molar-refractivity contribution in [1.29, 1.82) is 0 Å². The molecule has 3 N–H and O–H groups in total. The summed E-state index contributed by atoms with van der Waals surface area (Å²) in [7, 11) is 0. The number of rotatable bonds is 5. The van der Waals surface area contributed by atoms with E-state index in [2.05, 4.69) is 30.7 Å². The molecule has 0 spiro atoms. The maximum Gasteiger partial charge on any atom is 0.0470 e. The minimum Gasteiger partial charge on any atom is -0.271 e. The highest BCUT2D eigenvalue weighted by Gasteiger charge is 2.11. The van der Waals surface area contributed by atoms with Gasteiger partial charge in [-0.05, 0) is 30.4 Å². The molecule has 0 radical (unpaired) electrons. The molecule has 1 atom stereocenters. The van der Waals surface area contributed by atoms with Gasteiger partial charge < -0.3 is 0 Å². The largest absolute Gasteiger partial charge is 0.271 e. The topological polar surface area (TPSA) is 38.0 Å². The van der Waals surface area contributed by atoms with Crippen LogP contribution in [-0.4, -0.2) is 0 Å². The van der Waals surface area contributed by atoms with Crippen molar-refractivity contribution in [3.63, 3.8) is 0 Å². The van der Waals surface area contributed by atoms with Crippen LogP contribution < -0.4 is 11.3 Å². The van der Waals surface area contributed by atoms with Crippen LogP contribution in [0.25, 0.3) is 0 Å². The Morgan fingerprint density at radius 1 is 1.62 bits per heavy atom. The van der Waals surface area contributed by atoms with Crippen LogP contribution in [0.2, 0.25) is 0 Å². The van der Waals surface area contributed by atoms with E-state index in [1.807, 2.05) is 0 Å². The Morgan fingerprint density at radius 3 is 2.85 bits per heavy atom. The molecule has 1 aromatic heterocycles. The van der Waals surface area contributed by atoms with Crippen LogP contribution in [0.1, 0.15) is 42.7 Å². The molecule has 0 aromatic carbocycles. The van der Waals surface area contributed by atoms with Gasteiger partial charge in [0.15, 0.2) is 0 Å². The summed E-state index contributed by atoms with van der Waals surface area (Å²) < 4.78 is 0. The summed E-state index contributed by atoms with van der Waals surface area (Å²) in [5.74, 6) is 5.53. The van der Waals surface area contributed by atoms with Crippen LogP contribution in [-0.2, 0) is 0 Å². The predicted octanol–water partition coefficient (Wildman–Crippen LogP) is 2.75. The lowest BCUT2D eigenvalue weighted by Gasteiger charge is -2.15. The molecule has 3 heteroatoms. The van der Waals surface area contributed by atoms with E-state index in [-0.39, 0.29) is 0 Å². The van der Waals surface area contributed by atoms with Gasteiger partial charge in [-0.2, -0.15) is 0 Å². The van der Waals surface area contributed by atoms with E-state index in [1.165, 1.54) is 23.3 Å². The first-order valence-corrected chi connectivity index (χ1v) is 5.67. The molecule has 1 rings (SSSR count). The fourth-order valence-electron chi connectivity index (χ4n) is 1.49. The van der Waals surface area contributed by atoms with Gasteiger partial charge >= 0.3 is 0 Å². The van der Waals surface area contributed by atoms with Crippen molar-refractivity contribution in [1.82, 2.24) is 5.43 Å². The summed E-state index contributed by atoms with van der Waals surface area (Å²) in [6.45, 7) is 4.35. The van der Waals surface area contributed by atoms with E-state index in [4.69, 9.17) is 5.84 Å². The Balaban J connectivity index is 2.61. The van der Waals surface area contributed by atoms with Crippen molar-refractivity contribution in [3.05, 3.63) is 21.9 Å². The van der Waals surface area contributed by atoms with Gasteiger partial charge in [-0.3, -0.25) is 11.3 Å². The minimum absolute atomic E-state index is 0.339. The smallest absolute Gasteiger partial charge is 0.0470 e. The zero-order valence-corrected chi connectivity index (χ0v) is 9.16. The van der Waals surface area contributed by atoms with Crippen LogP contribution in [0.3, 0.4) is 0 Å². The first-order chi connectivity index (χ1) is 6.29. The molecule has 2 nitrogen and oxygen atoms in total. The second kappa shape index (κ2) is 5.37. The molecule has 1 unspecified atom stereocenters. The summed E-state index contributed by atoms with van der Waals surface area (Å²) in [5, 5.41) is 2.13. The number of hydrazine groups is 1. The highest BCUT2D eigenvalue weighted by atomic mass is 32.1. The first-order valence-electron chi connectivity index (χ1n) is 4.79. The van der Waals surface area contributed by atoms with E-state index in [1.54, 1.807) is 11.3 Å². The van der Waals surface area contributed by atoms with Crippen LogP contribution in [0, 0.1) is 6.92 Å². The Labute approximate surface area is 84.1 Å². The van der Waals surface area contributed by atoms with E-state index in [0.29, 0.717) is 6.04 Å². The zero-order chi connectivity index (χ0) is 9.68. The number of unbranched alkanes of at least 4 members (excludes halogenated alkanes) is 1. The Morgan fingerprint density at radius 2 is 2.38 bits per heavy atom. The second-order valence-electron chi connectivity index (χ2n) is 3.29. The van der Waals surface area contributed by atoms with Crippen LogP contribution in [0.5, 0.6) is 0 Å².